The van der Waals surface area contributed by atoms with Gasteiger partial charge >= 0.3 is 6.09 Å². The van der Waals surface area contributed by atoms with E-state index in [4.69, 9.17) is 11.2 Å². The fourth-order valence-corrected chi connectivity index (χ4v) is 2.12. The van der Waals surface area contributed by atoms with Gasteiger partial charge < -0.3 is 9.64 Å². The van der Waals surface area contributed by atoms with E-state index in [9.17, 15) is 4.79 Å². The smallest absolute Gasteiger partial charge is 0.410 e. The van der Waals surface area contributed by atoms with E-state index in [2.05, 4.69) is 26.7 Å². The summed E-state index contributed by atoms with van der Waals surface area (Å²) in [5, 5.41) is 0. The summed E-state index contributed by atoms with van der Waals surface area (Å²) < 4.78 is 4.90. The molecule has 0 radical (unpaired) electrons. The third-order valence-electron chi connectivity index (χ3n) is 3.26. The molecular formula is C13H21NO2. The van der Waals surface area contributed by atoms with Crippen LogP contribution in [-0.4, -0.2) is 30.7 Å². The molecule has 0 aliphatic carbocycles. The number of terminal acetylenes is 1. The SMILES string of the molecule is C#CCOC(=O)N1CCC(C(C)(C)C)CC1. The summed E-state index contributed by atoms with van der Waals surface area (Å²) in [4.78, 5) is 13.3. The van der Waals surface area contributed by atoms with Gasteiger partial charge in [-0.3, -0.25) is 0 Å². The maximum Gasteiger partial charge on any atom is 0.410 e. The quantitative estimate of drug-likeness (QED) is 0.639. The second-order valence-corrected chi connectivity index (χ2v) is 5.39. The van der Waals surface area contributed by atoms with E-state index < -0.39 is 0 Å². The highest BCUT2D eigenvalue weighted by Crippen LogP contribution is 2.34. The molecule has 0 spiro atoms. The van der Waals surface area contributed by atoms with Gasteiger partial charge in [0.1, 0.15) is 0 Å². The summed E-state index contributed by atoms with van der Waals surface area (Å²) >= 11 is 0. The Bertz CT molecular complexity index is 277. The molecule has 3 heteroatoms. The lowest BCUT2D eigenvalue weighted by atomic mass is 9.75. The van der Waals surface area contributed by atoms with Crippen molar-refractivity contribution in [3.63, 3.8) is 0 Å². The third-order valence-corrected chi connectivity index (χ3v) is 3.26. The molecule has 1 aliphatic rings. The molecule has 0 aromatic heterocycles. The number of carbonyl (C=O) groups excluding carboxylic acids is 1. The number of hydrogen-bond acceptors (Lipinski definition) is 2. The van der Waals surface area contributed by atoms with Crippen LogP contribution in [0.3, 0.4) is 0 Å². The molecule has 1 saturated heterocycles. The van der Waals surface area contributed by atoms with Crippen LogP contribution in [0, 0.1) is 23.7 Å². The Morgan fingerprint density at radius 2 is 2.00 bits per heavy atom. The Morgan fingerprint density at radius 3 is 2.44 bits per heavy atom. The number of rotatable bonds is 1. The lowest BCUT2D eigenvalue weighted by Gasteiger charge is -2.38. The van der Waals surface area contributed by atoms with Crippen molar-refractivity contribution in [2.24, 2.45) is 11.3 Å². The van der Waals surface area contributed by atoms with E-state index in [1.54, 1.807) is 4.90 Å². The number of ether oxygens (including phenoxy) is 1. The molecule has 0 N–H and O–H groups in total. The molecule has 0 aromatic rings. The van der Waals surface area contributed by atoms with Crippen LogP contribution in [0.25, 0.3) is 0 Å². The first kappa shape index (κ1) is 12.9. The van der Waals surface area contributed by atoms with E-state index in [0.29, 0.717) is 11.3 Å². The van der Waals surface area contributed by atoms with Crippen molar-refractivity contribution < 1.29 is 9.53 Å². The fraction of sp³-hybridized carbons (Fsp3) is 0.769. The predicted molar refractivity (Wildman–Crippen MR) is 63.9 cm³/mol. The lowest BCUT2D eigenvalue weighted by Crippen LogP contribution is -2.41. The first-order valence-corrected chi connectivity index (χ1v) is 5.80. The van der Waals surface area contributed by atoms with Crippen LogP contribution in [0.2, 0.25) is 0 Å². The van der Waals surface area contributed by atoms with Crippen LogP contribution in [-0.2, 0) is 4.74 Å². The molecule has 1 heterocycles. The van der Waals surface area contributed by atoms with Gasteiger partial charge in [0.25, 0.3) is 0 Å². The first-order valence-electron chi connectivity index (χ1n) is 5.80. The van der Waals surface area contributed by atoms with Gasteiger partial charge in [-0.25, -0.2) is 4.79 Å². The van der Waals surface area contributed by atoms with E-state index >= 15 is 0 Å². The van der Waals surface area contributed by atoms with E-state index in [0.717, 1.165) is 25.9 Å². The Balaban J connectivity index is 2.38. The monoisotopic (exact) mass is 223 g/mol. The highest BCUT2D eigenvalue weighted by Gasteiger charge is 2.30. The Morgan fingerprint density at radius 1 is 1.44 bits per heavy atom. The minimum atomic E-state index is -0.273. The Hall–Kier alpha value is -1.17. The predicted octanol–water partition coefficient (Wildman–Crippen LogP) is 2.51. The van der Waals surface area contributed by atoms with Gasteiger partial charge in [0, 0.05) is 13.1 Å². The summed E-state index contributed by atoms with van der Waals surface area (Å²) in [6.45, 7) is 8.40. The molecule has 0 bridgehead atoms. The van der Waals surface area contributed by atoms with Crippen molar-refractivity contribution in [2.45, 2.75) is 33.6 Å². The maximum atomic E-state index is 11.5. The van der Waals surface area contributed by atoms with Crippen molar-refractivity contribution in [1.29, 1.82) is 0 Å². The summed E-state index contributed by atoms with van der Waals surface area (Å²) in [5.74, 6) is 2.99. The highest BCUT2D eigenvalue weighted by atomic mass is 16.6. The molecule has 1 amide bonds. The molecule has 0 saturated carbocycles. The van der Waals surface area contributed by atoms with E-state index in [-0.39, 0.29) is 12.7 Å². The van der Waals surface area contributed by atoms with Gasteiger partial charge in [-0.15, -0.1) is 6.42 Å². The van der Waals surface area contributed by atoms with Crippen LogP contribution in [0.5, 0.6) is 0 Å². The molecule has 90 valence electrons. The van der Waals surface area contributed by atoms with Gasteiger partial charge in [-0.1, -0.05) is 26.7 Å². The van der Waals surface area contributed by atoms with Crippen molar-refractivity contribution in [1.82, 2.24) is 4.90 Å². The zero-order valence-corrected chi connectivity index (χ0v) is 10.5. The van der Waals surface area contributed by atoms with Gasteiger partial charge in [0.05, 0.1) is 0 Å². The van der Waals surface area contributed by atoms with Gasteiger partial charge in [-0.05, 0) is 24.2 Å². The van der Waals surface area contributed by atoms with Crippen molar-refractivity contribution in [3.05, 3.63) is 0 Å². The number of carbonyl (C=O) groups is 1. The normalized spacial score (nSPS) is 18.0. The lowest BCUT2D eigenvalue weighted by molar-refractivity contribution is 0.0777. The van der Waals surface area contributed by atoms with E-state index in [1.165, 1.54) is 0 Å². The highest BCUT2D eigenvalue weighted by molar-refractivity contribution is 5.67. The first-order chi connectivity index (χ1) is 7.45. The molecule has 0 unspecified atom stereocenters. The van der Waals surface area contributed by atoms with Gasteiger partial charge in [0.2, 0.25) is 0 Å². The minimum absolute atomic E-state index is 0.0675. The molecule has 0 atom stereocenters. The molecule has 3 nitrogen and oxygen atoms in total. The van der Waals surface area contributed by atoms with Crippen LogP contribution in [0.15, 0.2) is 0 Å². The van der Waals surface area contributed by atoms with E-state index in [1.807, 2.05) is 0 Å². The van der Waals surface area contributed by atoms with Gasteiger partial charge in [-0.2, -0.15) is 0 Å². The van der Waals surface area contributed by atoms with Crippen molar-refractivity contribution in [3.8, 4) is 12.3 Å². The molecule has 16 heavy (non-hydrogen) atoms. The third kappa shape index (κ3) is 3.44. The number of hydrogen-bond donors (Lipinski definition) is 0. The van der Waals surface area contributed by atoms with Crippen molar-refractivity contribution in [2.75, 3.05) is 19.7 Å². The topological polar surface area (TPSA) is 29.5 Å². The molecule has 0 aromatic carbocycles. The summed E-state index contributed by atoms with van der Waals surface area (Å²) in [6.07, 6.45) is 6.87. The largest absolute Gasteiger partial charge is 0.436 e. The maximum absolute atomic E-state index is 11.5. The van der Waals surface area contributed by atoms with Crippen LogP contribution in [0.1, 0.15) is 33.6 Å². The Labute approximate surface area is 98.1 Å². The summed E-state index contributed by atoms with van der Waals surface area (Å²) in [7, 11) is 0. The van der Waals surface area contributed by atoms with Crippen LogP contribution in [0.4, 0.5) is 4.79 Å². The number of likely N-dealkylation sites (tertiary alicyclic amines) is 1. The standard InChI is InChI=1S/C13H21NO2/c1-5-10-16-12(15)14-8-6-11(7-9-14)13(2,3)4/h1,11H,6-10H2,2-4H3. The number of nitrogens with zero attached hydrogens (tertiary/aromatic N) is 1. The van der Waals surface area contributed by atoms with Gasteiger partial charge in [0.15, 0.2) is 6.61 Å². The Kier molecular flexibility index (Phi) is 4.23. The zero-order valence-electron chi connectivity index (χ0n) is 10.5. The summed E-state index contributed by atoms with van der Waals surface area (Å²) in [5.41, 5.74) is 0.328. The number of amides is 1. The second-order valence-electron chi connectivity index (χ2n) is 5.39. The average Bonchev–Trinajstić information content (AvgIpc) is 2.25. The molecule has 1 aliphatic heterocycles. The minimum Gasteiger partial charge on any atom is -0.436 e. The summed E-state index contributed by atoms with van der Waals surface area (Å²) in [6, 6.07) is 0. The number of piperidine rings is 1. The molecule has 1 fully saturated rings. The van der Waals surface area contributed by atoms with Crippen LogP contribution < -0.4 is 0 Å². The average molecular weight is 223 g/mol. The fourth-order valence-electron chi connectivity index (χ4n) is 2.12. The second kappa shape index (κ2) is 5.25. The molecule has 1 rings (SSSR count). The van der Waals surface area contributed by atoms with Crippen molar-refractivity contribution >= 4 is 6.09 Å². The molecular weight excluding hydrogens is 202 g/mol. The van der Waals surface area contributed by atoms with Crippen LogP contribution >= 0.6 is 0 Å². The zero-order chi connectivity index (χ0) is 12.2.